The van der Waals surface area contributed by atoms with Crippen LogP contribution in [0, 0.1) is 0 Å². The normalized spacial score (nSPS) is 11.3. The fourth-order valence-corrected chi connectivity index (χ4v) is 2.05. The quantitative estimate of drug-likeness (QED) is 0.667. The second-order valence-electron chi connectivity index (χ2n) is 4.20. The van der Waals surface area contributed by atoms with Crippen molar-refractivity contribution >= 4 is 10.9 Å². The van der Waals surface area contributed by atoms with Crippen molar-refractivity contribution in [2.75, 3.05) is 0 Å². The molecule has 1 N–H and O–H groups in total. The topological polar surface area (TPSA) is 15.8 Å². The Hall–Kier alpha value is -2.16. The molecule has 18 heavy (non-hydrogen) atoms. The lowest BCUT2D eigenvalue weighted by Gasteiger charge is -2.04. The zero-order valence-electron chi connectivity index (χ0n) is 9.53. The minimum Gasteiger partial charge on any atom is -0.361 e. The minimum atomic E-state index is -2.41. The maximum absolute atomic E-state index is 12.5. The fraction of sp³-hybridized carbons (Fsp3) is 0.0667. The summed E-state index contributed by atoms with van der Waals surface area (Å²) in [5.74, 6) is 0. The average Bonchev–Trinajstić information content (AvgIpc) is 2.86. The minimum absolute atomic E-state index is 0.0569. The number of fused-ring (bicyclic) bond motifs is 1. The summed E-state index contributed by atoms with van der Waals surface area (Å²) < 4.78 is 24.9. The van der Waals surface area contributed by atoms with Gasteiger partial charge in [-0.1, -0.05) is 30.3 Å². The first kappa shape index (κ1) is 11.0. The fourth-order valence-electron chi connectivity index (χ4n) is 2.05. The molecular formula is C15H11F2N. The van der Waals surface area contributed by atoms with Crippen LogP contribution in [0.1, 0.15) is 12.0 Å². The highest BCUT2D eigenvalue weighted by atomic mass is 19.3. The lowest BCUT2D eigenvalue weighted by atomic mass is 10.0. The van der Waals surface area contributed by atoms with Gasteiger partial charge in [0.15, 0.2) is 0 Å². The average molecular weight is 243 g/mol. The van der Waals surface area contributed by atoms with Gasteiger partial charge >= 0.3 is 0 Å². The van der Waals surface area contributed by atoms with Gasteiger partial charge in [-0.05, 0) is 34.7 Å². The van der Waals surface area contributed by atoms with Gasteiger partial charge in [0, 0.05) is 17.3 Å². The third-order valence-electron chi connectivity index (χ3n) is 3.05. The molecule has 0 spiro atoms. The first-order valence-corrected chi connectivity index (χ1v) is 5.70. The molecular weight excluding hydrogens is 232 g/mol. The predicted molar refractivity (Wildman–Crippen MR) is 68.7 cm³/mol. The molecule has 0 radical (unpaired) electrons. The lowest BCUT2D eigenvalue weighted by molar-refractivity contribution is 0.151. The van der Waals surface area contributed by atoms with E-state index in [9.17, 15) is 8.78 Å². The highest BCUT2D eigenvalue weighted by molar-refractivity contribution is 5.85. The Bertz CT molecular complexity index is 668. The molecule has 1 nitrogen and oxygen atoms in total. The van der Waals surface area contributed by atoms with E-state index in [0.29, 0.717) is 0 Å². The molecule has 0 atom stereocenters. The Labute approximate surface area is 103 Å². The predicted octanol–water partition coefficient (Wildman–Crippen LogP) is 4.77. The Morgan fingerprint density at radius 3 is 2.28 bits per heavy atom. The van der Waals surface area contributed by atoms with Gasteiger partial charge in [0.1, 0.15) is 0 Å². The number of aromatic nitrogens is 1. The molecule has 0 fully saturated rings. The first-order valence-electron chi connectivity index (χ1n) is 5.70. The van der Waals surface area contributed by atoms with Crippen LogP contribution < -0.4 is 0 Å². The largest absolute Gasteiger partial charge is 0.361 e. The Morgan fingerprint density at radius 2 is 1.56 bits per heavy atom. The van der Waals surface area contributed by atoms with Crippen molar-refractivity contribution in [3.63, 3.8) is 0 Å². The van der Waals surface area contributed by atoms with Crippen LogP contribution >= 0.6 is 0 Å². The summed E-state index contributed by atoms with van der Waals surface area (Å²) in [7, 11) is 0. The van der Waals surface area contributed by atoms with E-state index in [-0.39, 0.29) is 5.56 Å². The van der Waals surface area contributed by atoms with Crippen LogP contribution in [0.15, 0.2) is 54.7 Å². The summed E-state index contributed by atoms with van der Waals surface area (Å²) in [5.41, 5.74) is 3.11. The molecule has 0 amide bonds. The summed E-state index contributed by atoms with van der Waals surface area (Å²) in [6, 6.07) is 14.4. The Kier molecular flexibility index (Phi) is 2.59. The second-order valence-corrected chi connectivity index (χ2v) is 4.20. The molecule has 3 rings (SSSR count). The van der Waals surface area contributed by atoms with Gasteiger partial charge in [0.05, 0.1) is 0 Å². The Balaban J connectivity index is 2.02. The van der Waals surface area contributed by atoms with E-state index in [1.807, 2.05) is 30.5 Å². The first-order chi connectivity index (χ1) is 8.74. The molecule has 0 unspecified atom stereocenters. The van der Waals surface area contributed by atoms with Crippen LogP contribution in [-0.4, -0.2) is 4.98 Å². The number of nitrogens with one attached hydrogen (secondary N) is 1. The van der Waals surface area contributed by atoms with Crippen LogP contribution in [-0.2, 0) is 0 Å². The number of hydrogen-bond donors (Lipinski definition) is 1. The van der Waals surface area contributed by atoms with Gasteiger partial charge in [-0.3, -0.25) is 0 Å². The summed E-state index contributed by atoms with van der Waals surface area (Å²) in [6.45, 7) is 0. The van der Waals surface area contributed by atoms with Crippen molar-refractivity contribution in [1.82, 2.24) is 4.98 Å². The van der Waals surface area contributed by atoms with Crippen LogP contribution in [0.25, 0.3) is 22.0 Å². The van der Waals surface area contributed by atoms with E-state index < -0.39 is 6.43 Å². The summed E-state index contributed by atoms with van der Waals surface area (Å²) in [5, 5.41) is 1.12. The molecule has 1 heterocycles. The van der Waals surface area contributed by atoms with Crippen molar-refractivity contribution in [1.29, 1.82) is 0 Å². The van der Waals surface area contributed by atoms with E-state index in [1.54, 1.807) is 12.1 Å². The van der Waals surface area contributed by atoms with Crippen molar-refractivity contribution in [3.8, 4) is 11.1 Å². The Morgan fingerprint density at radius 1 is 0.833 bits per heavy atom. The summed E-state index contributed by atoms with van der Waals surface area (Å²) >= 11 is 0. The monoisotopic (exact) mass is 243 g/mol. The number of H-pyrrole nitrogens is 1. The third kappa shape index (κ3) is 1.88. The molecule has 0 aliphatic heterocycles. The second kappa shape index (κ2) is 4.26. The molecule has 1 aromatic heterocycles. The van der Waals surface area contributed by atoms with Crippen molar-refractivity contribution in [2.24, 2.45) is 0 Å². The molecule has 3 aromatic rings. The van der Waals surface area contributed by atoms with Crippen molar-refractivity contribution in [3.05, 3.63) is 60.3 Å². The van der Waals surface area contributed by atoms with Gasteiger partial charge in [0.2, 0.25) is 0 Å². The molecule has 0 bridgehead atoms. The summed E-state index contributed by atoms with van der Waals surface area (Å²) in [6.07, 6.45) is -0.528. The highest BCUT2D eigenvalue weighted by Crippen LogP contribution is 2.26. The SMILES string of the molecule is FC(F)c1ccc(-c2ccc3[nH]ccc3c2)cc1. The van der Waals surface area contributed by atoms with Gasteiger partial charge in [-0.15, -0.1) is 0 Å². The molecule has 0 aliphatic carbocycles. The zero-order valence-corrected chi connectivity index (χ0v) is 9.53. The molecule has 90 valence electrons. The smallest absolute Gasteiger partial charge is 0.263 e. The molecule has 2 aromatic carbocycles. The number of halogens is 2. The van der Waals surface area contributed by atoms with E-state index in [1.165, 1.54) is 12.1 Å². The van der Waals surface area contributed by atoms with Crippen LogP contribution in [0.5, 0.6) is 0 Å². The molecule has 0 aliphatic rings. The standard InChI is InChI=1S/C15H11F2N/c16-15(17)11-3-1-10(2-4-11)12-5-6-14-13(9-12)7-8-18-14/h1-9,15,18H. The van der Waals surface area contributed by atoms with Crippen LogP contribution in [0.4, 0.5) is 8.78 Å². The number of aromatic amines is 1. The van der Waals surface area contributed by atoms with Crippen LogP contribution in [0.3, 0.4) is 0 Å². The van der Waals surface area contributed by atoms with E-state index in [2.05, 4.69) is 4.98 Å². The van der Waals surface area contributed by atoms with E-state index in [4.69, 9.17) is 0 Å². The number of rotatable bonds is 2. The maximum Gasteiger partial charge on any atom is 0.263 e. The number of benzene rings is 2. The maximum atomic E-state index is 12.5. The zero-order chi connectivity index (χ0) is 12.5. The third-order valence-corrected chi connectivity index (χ3v) is 3.05. The van der Waals surface area contributed by atoms with E-state index >= 15 is 0 Å². The van der Waals surface area contributed by atoms with Gasteiger partial charge in [-0.25, -0.2) is 8.78 Å². The summed E-state index contributed by atoms with van der Waals surface area (Å²) in [4.78, 5) is 3.12. The molecule has 0 saturated carbocycles. The molecule has 0 saturated heterocycles. The van der Waals surface area contributed by atoms with E-state index in [0.717, 1.165) is 22.0 Å². The van der Waals surface area contributed by atoms with Crippen molar-refractivity contribution < 1.29 is 8.78 Å². The van der Waals surface area contributed by atoms with Gasteiger partial charge in [0.25, 0.3) is 6.43 Å². The lowest BCUT2D eigenvalue weighted by Crippen LogP contribution is -1.84. The number of hydrogen-bond acceptors (Lipinski definition) is 0. The van der Waals surface area contributed by atoms with Crippen molar-refractivity contribution in [2.45, 2.75) is 6.43 Å². The molecule has 3 heteroatoms. The van der Waals surface area contributed by atoms with Gasteiger partial charge < -0.3 is 4.98 Å². The highest BCUT2D eigenvalue weighted by Gasteiger charge is 2.06. The van der Waals surface area contributed by atoms with Crippen LogP contribution in [0.2, 0.25) is 0 Å². The van der Waals surface area contributed by atoms with Gasteiger partial charge in [-0.2, -0.15) is 0 Å². The number of alkyl halides is 2.